The van der Waals surface area contributed by atoms with Crippen molar-refractivity contribution in [1.29, 1.82) is 0 Å². The predicted molar refractivity (Wildman–Crippen MR) is 82.8 cm³/mol. The number of carbonyl (C=O) groups is 1. The second-order valence-corrected chi connectivity index (χ2v) is 6.37. The van der Waals surface area contributed by atoms with Crippen LogP contribution >= 0.6 is 27.3 Å². The van der Waals surface area contributed by atoms with Gasteiger partial charge in [0.05, 0.1) is 22.1 Å². The lowest BCUT2D eigenvalue weighted by Crippen LogP contribution is -2.13. The van der Waals surface area contributed by atoms with Crippen LogP contribution in [-0.2, 0) is 0 Å². The maximum absolute atomic E-state index is 12.2. The summed E-state index contributed by atoms with van der Waals surface area (Å²) >= 11 is 4.79. The Morgan fingerprint density at radius 1 is 1.37 bits per heavy atom. The van der Waals surface area contributed by atoms with Crippen molar-refractivity contribution >= 4 is 44.5 Å². The predicted octanol–water partition coefficient (Wildman–Crippen LogP) is 3.67. The van der Waals surface area contributed by atoms with Crippen molar-refractivity contribution in [3.63, 3.8) is 0 Å². The number of benzene rings is 1. The Balaban J connectivity index is 2.32. The van der Waals surface area contributed by atoms with Crippen LogP contribution in [-0.4, -0.2) is 10.9 Å². The molecule has 0 saturated heterocycles. The third kappa shape index (κ3) is 2.96. The number of anilines is 2. The molecule has 3 N–H and O–H groups in total. The normalized spacial score (nSPS) is 10.5. The highest BCUT2D eigenvalue weighted by molar-refractivity contribution is 9.10. The molecule has 2 rings (SSSR count). The molecule has 0 aliphatic heterocycles. The summed E-state index contributed by atoms with van der Waals surface area (Å²) in [7, 11) is 0. The van der Waals surface area contributed by atoms with Gasteiger partial charge in [-0.05, 0) is 54.4 Å². The molecule has 0 aliphatic rings. The molecule has 19 heavy (non-hydrogen) atoms. The Bertz CT molecular complexity index is 628. The van der Waals surface area contributed by atoms with Gasteiger partial charge in [-0.15, -0.1) is 11.3 Å². The lowest BCUT2D eigenvalue weighted by Gasteiger charge is -2.11. The number of nitrogen functional groups attached to an aromatic ring is 1. The molecule has 100 valence electrons. The number of hydrogen-bond acceptors (Lipinski definition) is 4. The highest BCUT2D eigenvalue weighted by Gasteiger charge is 2.16. The van der Waals surface area contributed by atoms with E-state index in [1.54, 1.807) is 0 Å². The highest BCUT2D eigenvalue weighted by atomic mass is 79.9. The van der Waals surface area contributed by atoms with Crippen LogP contribution in [0, 0.1) is 20.8 Å². The smallest absolute Gasteiger partial charge is 0.267 e. The third-order valence-corrected chi connectivity index (χ3v) is 4.31. The molecule has 0 radical (unpaired) electrons. The fraction of sp³-hybridized carbons (Fsp3) is 0.231. The van der Waals surface area contributed by atoms with Gasteiger partial charge in [0.2, 0.25) is 0 Å². The zero-order valence-electron chi connectivity index (χ0n) is 10.9. The van der Waals surface area contributed by atoms with Gasteiger partial charge in [0.1, 0.15) is 4.88 Å². The van der Waals surface area contributed by atoms with Gasteiger partial charge in [-0.3, -0.25) is 4.79 Å². The van der Waals surface area contributed by atoms with Crippen LogP contribution in [0.4, 0.5) is 11.4 Å². The molecule has 0 spiro atoms. The number of aromatic nitrogens is 1. The number of nitrogens with zero attached hydrogens (tertiary/aromatic N) is 1. The standard InChI is InChI=1S/C13H14BrN3OS/c1-6-4-9(14)11(10(15)5-6)17-13(18)12-7(2)16-8(3)19-12/h4-5H,15H2,1-3H3,(H,17,18). The zero-order chi connectivity index (χ0) is 14.2. The van der Waals surface area contributed by atoms with Gasteiger partial charge in [0.25, 0.3) is 5.91 Å². The van der Waals surface area contributed by atoms with Gasteiger partial charge < -0.3 is 11.1 Å². The SMILES string of the molecule is Cc1cc(N)c(NC(=O)c2sc(C)nc2C)c(Br)c1. The summed E-state index contributed by atoms with van der Waals surface area (Å²) in [6.07, 6.45) is 0. The van der Waals surface area contributed by atoms with Crippen molar-refractivity contribution in [2.45, 2.75) is 20.8 Å². The van der Waals surface area contributed by atoms with Crippen molar-refractivity contribution in [3.8, 4) is 0 Å². The summed E-state index contributed by atoms with van der Waals surface area (Å²) in [6, 6.07) is 3.74. The summed E-state index contributed by atoms with van der Waals surface area (Å²) in [6.45, 7) is 5.65. The topological polar surface area (TPSA) is 68.0 Å². The van der Waals surface area contributed by atoms with E-state index in [2.05, 4.69) is 26.2 Å². The molecule has 0 unspecified atom stereocenters. The second-order valence-electron chi connectivity index (χ2n) is 4.31. The molecular formula is C13H14BrN3OS. The monoisotopic (exact) mass is 339 g/mol. The number of nitrogens with one attached hydrogen (secondary N) is 1. The van der Waals surface area contributed by atoms with Crippen molar-refractivity contribution in [1.82, 2.24) is 4.98 Å². The summed E-state index contributed by atoms with van der Waals surface area (Å²) in [5.41, 5.74) is 8.85. The molecule has 0 bridgehead atoms. The van der Waals surface area contributed by atoms with E-state index in [1.807, 2.05) is 32.9 Å². The van der Waals surface area contributed by atoms with Crippen LogP contribution in [0.15, 0.2) is 16.6 Å². The summed E-state index contributed by atoms with van der Waals surface area (Å²) < 4.78 is 0.775. The summed E-state index contributed by atoms with van der Waals surface area (Å²) in [5, 5.41) is 3.71. The quantitative estimate of drug-likeness (QED) is 0.820. The third-order valence-electron chi connectivity index (χ3n) is 2.61. The van der Waals surface area contributed by atoms with E-state index >= 15 is 0 Å². The van der Waals surface area contributed by atoms with Crippen LogP contribution in [0.3, 0.4) is 0 Å². The van der Waals surface area contributed by atoms with Crippen LogP contribution in [0.25, 0.3) is 0 Å². The molecule has 1 heterocycles. The summed E-state index contributed by atoms with van der Waals surface area (Å²) in [5.74, 6) is -0.181. The van der Waals surface area contributed by atoms with Gasteiger partial charge in [-0.2, -0.15) is 0 Å². The fourth-order valence-electron chi connectivity index (χ4n) is 1.81. The van der Waals surface area contributed by atoms with Gasteiger partial charge in [-0.25, -0.2) is 4.98 Å². The lowest BCUT2D eigenvalue weighted by atomic mass is 10.2. The van der Waals surface area contributed by atoms with Crippen molar-refractivity contribution in [2.75, 3.05) is 11.1 Å². The van der Waals surface area contributed by atoms with E-state index in [9.17, 15) is 4.79 Å². The maximum atomic E-state index is 12.2. The number of hydrogen-bond donors (Lipinski definition) is 2. The number of amides is 1. The Kier molecular flexibility index (Phi) is 3.91. The Morgan fingerprint density at radius 3 is 2.58 bits per heavy atom. The van der Waals surface area contributed by atoms with Crippen molar-refractivity contribution in [2.24, 2.45) is 0 Å². The van der Waals surface area contributed by atoms with Crippen LogP contribution in [0.1, 0.15) is 25.9 Å². The van der Waals surface area contributed by atoms with E-state index in [4.69, 9.17) is 5.73 Å². The van der Waals surface area contributed by atoms with E-state index in [-0.39, 0.29) is 5.91 Å². The number of carbonyl (C=O) groups excluding carboxylic acids is 1. The Labute approximate surface area is 124 Å². The fourth-order valence-corrected chi connectivity index (χ4v) is 3.32. The van der Waals surface area contributed by atoms with E-state index < -0.39 is 0 Å². The zero-order valence-corrected chi connectivity index (χ0v) is 13.3. The van der Waals surface area contributed by atoms with Gasteiger partial charge >= 0.3 is 0 Å². The molecular weight excluding hydrogens is 326 g/mol. The molecule has 4 nitrogen and oxygen atoms in total. The Morgan fingerprint density at radius 2 is 2.05 bits per heavy atom. The first-order valence-corrected chi connectivity index (χ1v) is 7.30. The average Bonchev–Trinajstić information content (AvgIpc) is 2.62. The van der Waals surface area contributed by atoms with Gasteiger partial charge in [-0.1, -0.05) is 0 Å². The van der Waals surface area contributed by atoms with E-state index in [1.165, 1.54) is 11.3 Å². The first-order valence-electron chi connectivity index (χ1n) is 5.69. The molecule has 1 aromatic heterocycles. The maximum Gasteiger partial charge on any atom is 0.267 e. The van der Waals surface area contributed by atoms with Crippen LogP contribution < -0.4 is 11.1 Å². The number of nitrogens with two attached hydrogens (primary N) is 1. The molecule has 0 atom stereocenters. The minimum atomic E-state index is -0.181. The molecule has 0 saturated carbocycles. The number of rotatable bonds is 2. The first kappa shape index (κ1) is 14.0. The van der Waals surface area contributed by atoms with Gasteiger partial charge in [0, 0.05) is 4.47 Å². The van der Waals surface area contributed by atoms with E-state index in [0.29, 0.717) is 16.3 Å². The van der Waals surface area contributed by atoms with Crippen LogP contribution in [0.5, 0.6) is 0 Å². The van der Waals surface area contributed by atoms with E-state index in [0.717, 1.165) is 20.7 Å². The number of halogens is 1. The minimum Gasteiger partial charge on any atom is -0.397 e. The number of thiazole rings is 1. The summed E-state index contributed by atoms with van der Waals surface area (Å²) in [4.78, 5) is 17.1. The second kappa shape index (κ2) is 5.30. The molecule has 2 aromatic rings. The minimum absolute atomic E-state index is 0.181. The number of aryl methyl sites for hydroxylation is 3. The first-order chi connectivity index (χ1) is 8.88. The molecule has 6 heteroatoms. The van der Waals surface area contributed by atoms with Crippen molar-refractivity contribution < 1.29 is 4.79 Å². The molecule has 0 aliphatic carbocycles. The van der Waals surface area contributed by atoms with Crippen molar-refractivity contribution in [3.05, 3.63) is 37.7 Å². The molecule has 0 fully saturated rings. The lowest BCUT2D eigenvalue weighted by molar-refractivity contribution is 0.103. The van der Waals surface area contributed by atoms with Crippen LogP contribution in [0.2, 0.25) is 0 Å². The highest BCUT2D eigenvalue weighted by Crippen LogP contribution is 2.31. The van der Waals surface area contributed by atoms with Gasteiger partial charge in [0.15, 0.2) is 0 Å². The molecule has 1 amide bonds. The molecule has 1 aromatic carbocycles. The average molecular weight is 340 g/mol. The largest absolute Gasteiger partial charge is 0.397 e. The Hall–Kier alpha value is -1.40.